The fourth-order valence-corrected chi connectivity index (χ4v) is 9.85. The number of para-hydroxylation sites is 4. The summed E-state index contributed by atoms with van der Waals surface area (Å²) in [4.78, 5) is 2.28. The first-order chi connectivity index (χ1) is 30.8. The summed E-state index contributed by atoms with van der Waals surface area (Å²) in [5.74, 6) is 3.45. The van der Waals surface area contributed by atoms with Crippen molar-refractivity contribution in [3.05, 3.63) is 259 Å². The third-order valence-corrected chi connectivity index (χ3v) is 12.6. The summed E-state index contributed by atoms with van der Waals surface area (Å²) in [5.41, 5.74) is 16.0. The lowest BCUT2D eigenvalue weighted by Crippen LogP contribution is -2.28. The number of benzene rings is 9. The van der Waals surface area contributed by atoms with E-state index in [0.29, 0.717) is 0 Å². The minimum absolute atomic E-state index is 0.717. The van der Waals surface area contributed by atoms with Crippen LogP contribution in [0.25, 0.3) is 55.8 Å². The maximum atomic E-state index is 7.66. The van der Waals surface area contributed by atoms with Gasteiger partial charge in [0.25, 0.3) is 0 Å². The average molecular weight is 794 g/mol. The molecule has 1 aromatic heterocycles. The molecule has 3 nitrogen and oxygen atoms in total. The number of hydrogen-bond acceptors (Lipinski definition) is 3. The van der Waals surface area contributed by atoms with Crippen LogP contribution in [-0.2, 0) is 5.41 Å². The van der Waals surface area contributed by atoms with Gasteiger partial charge in [0.1, 0.15) is 16.9 Å². The molecule has 0 bridgehead atoms. The quantitative estimate of drug-likeness (QED) is 0.161. The molecule has 0 fully saturated rings. The number of rotatable bonds is 7. The van der Waals surface area contributed by atoms with Crippen molar-refractivity contribution in [2.75, 3.05) is 4.90 Å². The minimum atomic E-state index is -0.717. The molecule has 0 saturated heterocycles. The Hall–Kier alpha value is -8.14. The summed E-state index contributed by atoms with van der Waals surface area (Å²) >= 11 is 0. The second-order valence-corrected chi connectivity index (χ2v) is 15.9. The molecule has 0 N–H and O–H groups in total. The minimum Gasteiger partial charge on any atom is -0.458 e. The third kappa shape index (κ3) is 5.52. The van der Waals surface area contributed by atoms with Crippen molar-refractivity contribution in [2.24, 2.45) is 0 Å². The monoisotopic (exact) mass is 793 g/mol. The summed E-state index contributed by atoms with van der Waals surface area (Å²) in [6.45, 7) is 0. The molecular weight excluding hydrogens is 755 g/mol. The van der Waals surface area contributed by atoms with Gasteiger partial charge < -0.3 is 14.1 Å². The molecule has 2 aliphatic rings. The van der Waals surface area contributed by atoms with Crippen LogP contribution in [0, 0.1) is 0 Å². The third-order valence-electron chi connectivity index (χ3n) is 12.6. The molecule has 0 amide bonds. The van der Waals surface area contributed by atoms with E-state index in [9.17, 15) is 0 Å². The molecule has 0 spiro atoms. The summed E-state index contributed by atoms with van der Waals surface area (Å²) in [7, 11) is 0. The maximum absolute atomic E-state index is 7.66. The molecule has 2 heterocycles. The van der Waals surface area contributed by atoms with E-state index in [1.807, 2.05) is 24.3 Å². The van der Waals surface area contributed by atoms with Crippen LogP contribution >= 0.6 is 0 Å². The topological polar surface area (TPSA) is 25.6 Å². The second kappa shape index (κ2) is 14.5. The van der Waals surface area contributed by atoms with Crippen LogP contribution in [0.3, 0.4) is 0 Å². The largest absolute Gasteiger partial charge is 0.458 e. The van der Waals surface area contributed by atoms with Crippen molar-refractivity contribution in [1.29, 1.82) is 0 Å². The van der Waals surface area contributed by atoms with E-state index in [1.165, 1.54) is 22.3 Å². The van der Waals surface area contributed by atoms with Gasteiger partial charge in [0.2, 0.25) is 0 Å². The molecule has 10 aromatic rings. The van der Waals surface area contributed by atoms with Gasteiger partial charge in [-0.3, -0.25) is 0 Å². The molecule has 12 rings (SSSR count). The Kier molecular flexibility index (Phi) is 8.39. The number of anilines is 3. The number of furan rings is 1. The van der Waals surface area contributed by atoms with Crippen LogP contribution in [0.2, 0.25) is 0 Å². The van der Waals surface area contributed by atoms with E-state index in [0.717, 1.165) is 84.6 Å². The van der Waals surface area contributed by atoms with Crippen LogP contribution in [0.5, 0.6) is 11.5 Å². The highest BCUT2D eigenvalue weighted by molar-refractivity contribution is 6.02. The van der Waals surface area contributed by atoms with Crippen LogP contribution in [-0.4, -0.2) is 0 Å². The van der Waals surface area contributed by atoms with E-state index in [1.54, 1.807) is 0 Å². The van der Waals surface area contributed by atoms with Gasteiger partial charge in [0, 0.05) is 22.4 Å². The standard InChI is InChI=1S/C59H39NO2/c1-4-18-40(19-5-1)41-32-36-45(37-33-41)59(44-22-8-3-9-23-44)50-27-13-12-26-49(50)56-55(43-20-6-2-7-21-43)57(62-58(56)59)48-25-11-10-24-47(48)42-34-38-46(39-35-42)60-51-28-14-16-30-53(51)61-54-31-17-15-29-52(54)60/h1-39H. The smallest absolute Gasteiger partial charge is 0.151 e. The van der Waals surface area contributed by atoms with Gasteiger partial charge in [-0.1, -0.05) is 200 Å². The molecule has 292 valence electrons. The molecule has 1 atom stereocenters. The maximum Gasteiger partial charge on any atom is 0.151 e. The van der Waals surface area contributed by atoms with E-state index in [4.69, 9.17) is 9.15 Å². The van der Waals surface area contributed by atoms with Crippen molar-refractivity contribution >= 4 is 17.1 Å². The molecule has 3 heteroatoms. The SMILES string of the molecule is c1ccc(-c2ccc(C3(c4ccccc4)c4ccccc4-c4c3oc(-c3ccccc3-c3ccc(N5c6ccccc6Oc6ccccc65)cc3)c4-c3ccccc3)cc2)cc1. The van der Waals surface area contributed by atoms with Gasteiger partial charge in [0.05, 0.1) is 11.4 Å². The Balaban J connectivity index is 1.06. The van der Waals surface area contributed by atoms with Gasteiger partial charge in [-0.25, -0.2) is 0 Å². The van der Waals surface area contributed by atoms with Crippen LogP contribution in [0.15, 0.2) is 241 Å². The molecule has 0 saturated carbocycles. The molecular formula is C59H39NO2. The first kappa shape index (κ1) is 35.8. The zero-order valence-electron chi connectivity index (χ0n) is 33.8. The number of ether oxygens (including phenoxy) is 1. The lowest BCUT2D eigenvalue weighted by molar-refractivity contribution is 0.477. The molecule has 9 aromatic carbocycles. The van der Waals surface area contributed by atoms with Crippen molar-refractivity contribution in [3.8, 4) is 67.3 Å². The van der Waals surface area contributed by atoms with E-state index in [-0.39, 0.29) is 0 Å². The first-order valence-electron chi connectivity index (χ1n) is 21.2. The van der Waals surface area contributed by atoms with Crippen molar-refractivity contribution in [3.63, 3.8) is 0 Å². The van der Waals surface area contributed by atoms with Crippen LogP contribution in [0.4, 0.5) is 17.1 Å². The summed E-state index contributed by atoms with van der Waals surface area (Å²) < 4.78 is 14.0. The number of fused-ring (bicyclic) bond motifs is 5. The highest BCUT2D eigenvalue weighted by Crippen LogP contribution is 2.62. The molecule has 1 unspecified atom stereocenters. The molecule has 0 radical (unpaired) electrons. The molecule has 1 aliphatic heterocycles. The Labute approximate surface area is 361 Å². The Morgan fingerprint density at radius 3 is 1.48 bits per heavy atom. The van der Waals surface area contributed by atoms with E-state index < -0.39 is 5.41 Å². The van der Waals surface area contributed by atoms with E-state index >= 15 is 0 Å². The number of nitrogens with zero attached hydrogens (tertiary/aromatic N) is 1. The summed E-state index contributed by atoms with van der Waals surface area (Å²) in [6, 6.07) is 84.2. The van der Waals surface area contributed by atoms with Gasteiger partial charge >= 0.3 is 0 Å². The fraction of sp³-hybridized carbons (Fsp3) is 0.0169. The summed E-state index contributed by atoms with van der Waals surface area (Å²) in [6.07, 6.45) is 0. The first-order valence-corrected chi connectivity index (χ1v) is 21.2. The second-order valence-electron chi connectivity index (χ2n) is 15.9. The summed E-state index contributed by atoms with van der Waals surface area (Å²) in [5, 5.41) is 0. The van der Waals surface area contributed by atoms with Gasteiger partial charge in [0.15, 0.2) is 11.5 Å². The Morgan fingerprint density at radius 2 is 0.823 bits per heavy atom. The lowest BCUT2D eigenvalue weighted by Gasteiger charge is -2.32. The van der Waals surface area contributed by atoms with Gasteiger partial charge in [-0.05, 0) is 86.5 Å². The highest BCUT2D eigenvalue weighted by Gasteiger charge is 2.51. The van der Waals surface area contributed by atoms with Crippen molar-refractivity contribution in [2.45, 2.75) is 5.41 Å². The molecule has 62 heavy (non-hydrogen) atoms. The van der Waals surface area contributed by atoms with Gasteiger partial charge in [-0.15, -0.1) is 0 Å². The Bertz CT molecular complexity index is 3200. The zero-order chi connectivity index (χ0) is 41.0. The highest BCUT2D eigenvalue weighted by atomic mass is 16.5. The molecule has 1 aliphatic carbocycles. The van der Waals surface area contributed by atoms with E-state index in [2.05, 4.69) is 217 Å². The van der Waals surface area contributed by atoms with Crippen molar-refractivity contribution in [1.82, 2.24) is 0 Å². The fourth-order valence-electron chi connectivity index (χ4n) is 9.85. The Morgan fingerprint density at radius 1 is 0.339 bits per heavy atom. The predicted molar refractivity (Wildman–Crippen MR) is 253 cm³/mol. The lowest BCUT2D eigenvalue weighted by atomic mass is 9.70. The average Bonchev–Trinajstić information content (AvgIpc) is 3.88. The zero-order valence-corrected chi connectivity index (χ0v) is 33.8. The number of hydrogen-bond donors (Lipinski definition) is 0. The predicted octanol–water partition coefficient (Wildman–Crippen LogP) is 15.9. The van der Waals surface area contributed by atoms with Crippen LogP contribution < -0.4 is 9.64 Å². The van der Waals surface area contributed by atoms with Gasteiger partial charge in [-0.2, -0.15) is 0 Å². The van der Waals surface area contributed by atoms with Crippen LogP contribution in [0.1, 0.15) is 22.5 Å². The normalized spacial score (nSPS) is 14.6. The van der Waals surface area contributed by atoms with Crippen molar-refractivity contribution < 1.29 is 9.15 Å².